The summed E-state index contributed by atoms with van der Waals surface area (Å²) in [6, 6.07) is 14.5. The fraction of sp³-hybridized carbons (Fsp3) is 0.190. The summed E-state index contributed by atoms with van der Waals surface area (Å²) >= 11 is 7.41. The van der Waals surface area contributed by atoms with E-state index in [9.17, 15) is 4.79 Å². The van der Waals surface area contributed by atoms with Crippen molar-refractivity contribution < 1.29 is 9.90 Å². The Morgan fingerprint density at radius 1 is 1.27 bits per heavy atom. The number of nitrogens with one attached hydrogen (secondary N) is 2. The molecule has 5 N–H and O–H groups in total. The smallest absolute Gasteiger partial charge is 0.275 e. The molecule has 0 aliphatic rings. The van der Waals surface area contributed by atoms with E-state index < -0.39 is 6.17 Å². The zero-order valence-corrected chi connectivity index (χ0v) is 17.7. The molecule has 0 aliphatic heterocycles. The number of thiazole rings is 1. The number of hydrogen-bond donors (Lipinski definition) is 4. The van der Waals surface area contributed by atoms with Crippen LogP contribution in [0.5, 0.6) is 0 Å². The lowest BCUT2D eigenvalue weighted by molar-refractivity contribution is 0.102. The zero-order chi connectivity index (χ0) is 21.3. The highest BCUT2D eigenvalue weighted by Crippen LogP contribution is 2.20. The number of aliphatic hydroxyl groups is 1. The third-order valence-electron chi connectivity index (χ3n) is 4.21. The number of aliphatic imine (C=N–C) groups is 1. The van der Waals surface area contributed by atoms with E-state index in [2.05, 4.69) is 20.6 Å². The first-order valence-electron chi connectivity index (χ1n) is 9.30. The first kappa shape index (κ1) is 21.9. The quantitative estimate of drug-likeness (QED) is 0.230. The SMILES string of the molecule is N/C(=N\C(NCCCO)c1ccc(NC(=O)c2cscn2)cc1)c1cccc(Cl)c1. The Morgan fingerprint density at radius 2 is 2.07 bits per heavy atom. The van der Waals surface area contributed by atoms with E-state index in [1.165, 1.54) is 11.3 Å². The van der Waals surface area contributed by atoms with E-state index in [0.29, 0.717) is 35.2 Å². The molecule has 30 heavy (non-hydrogen) atoms. The normalized spacial score (nSPS) is 12.5. The van der Waals surface area contributed by atoms with Gasteiger partial charge < -0.3 is 16.2 Å². The van der Waals surface area contributed by atoms with Crippen LogP contribution in [0.1, 0.15) is 34.2 Å². The minimum absolute atomic E-state index is 0.0782. The molecule has 0 radical (unpaired) electrons. The van der Waals surface area contributed by atoms with Gasteiger partial charge in [-0.1, -0.05) is 35.9 Å². The number of rotatable bonds is 9. The molecule has 0 saturated heterocycles. The minimum Gasteiger partial charge on any atom is -0.396 e. The second-order valence-corrected chi connectivity index (χ2v) is 7.56. The van der Waals surface area contributed by atoms with Crippen LogP contribution in [0.4, 0.5) is 5.69 Å². The summed E-state index contributed by atoms with van der Waals surface area (Å²) in [6.07, 6.45) is 0.170. The van der Waals surface area contributed by atoms with Gasteiger partial charge >= 0.3 is 0 Å². The summed E-state index contributed by atoms with van der Waals surface area (Å²) in [4.78, 5) is 20.8. The van der Waals surface area contributed by atoms with Crippen molar-refractivity contribution in [2.75, 3.05) is 18.5 Å². The van der Waals surface area contributed by atoms with Gasteiger partial charge in [0.1, 0.15) is 17.7 Å². The summed E-state index contributed by atoms with van der Waals surface area (Å²) in [7, 11) is 0. The highest BCUT2D eigenvalue weighted by atomic mass is 35.5. The van der Waals surface area contributed by atoms with Crippen molar-refractivity contribution in [2.45, 2.75) is 12.6 Å². The second-order valence-electron chi connectivity index (χ2n) is 6.41. The van der Waals surface area contributed by atoms with Gasteiger partial charge in [-0.15, -0.1) is 11.3 Å². The number of halogens is 1. The molecule has 156 valence electrons. The van der Waals surface area contributed by atoms with Crippen LogP contribution >= 0.6 is 22.9 Å². The second kappa shape index (κ2) is 10.8. The number of aliphatic hydroxyl groups excluding tert-OH is 1. The summed E-state index contributed by atoms with van der Waals surface area (Å²) < 4.78 is 0. The molecule has 1 unspecified atom stereocenters. The van der Waals surface area contributed by atoms with Crippen LogP contribution in [0.3, 0.4) is 0 Å². The number of benzene rings is 2. The van der Waals surface area contributed by atoms with Crippen LogP contribution in [0, 0.1) is 0 Å². The minimum atomic E-state index is -0.418. The summed E-state index contributed by atoms with van der Waals surface area (Å²) in [5.41, 5.74) is 10.4. The Kier molecular flexibility index (Phi) is 7.92. The first-order valence-corrected chi connectivity index (χ1v) is 10.6. The number of anilines is 1. The molecule has 0 bridgehead atoms. The van der Waals surface area contributed by atoms with Crippen LogP contribution in [0.2, 0.25) is 5.02 Å². The predicted molar refractivity (Wildman–Crippen MR) is 121 cm³/mol. The Bertz CT molecular complexity index is 993. The maximum atomic E-state index is 12.1. The van der Waals surface area contributed by atoms with Crippen molar-refractivity contribution in [3.63, 3.8) is 0 Å². The van der Waals surface area contributed by atoms with E-state index in [4.69, 9.17) is 22.4 Å². The first-order chi connectivity index (χ1) is 14.6. The lowest BCUT2D eigenvalue weighted by atomic mass is 10.1. The van der Waals surface area contributed by atoms with Gasteiger partial charge in [0.15, 0.2) is 0 Å². The van der Waals surface area contributed by atoms with Crippen LogP contribution in [-0.4, -0.2) is 35.0 Å². The molecule has 3 rings (SSSR count). The lowest BCUT2D eigenvalue weighted by Gasteiger charge is -2.17. The maximum absolute atomic E-state index is 12.1. The predicted octanol–water partition coefficient (Wildman–Crippen LogP) is 3.42. The molecule has 0 fully saturated rings. The van der Waals surface area contributed by atoms with E-state index in [1.807, 2.05) is 24.3 Å². The van der Waals surface area contributed by atoms with Gasteiger partial charge in [-0.2, -0.15) is 0 Å². The van der Waals surface area contributed by atoms with Crippen molar-refractivity contribution in [2.24, 2.45) is 10.7 Å². The molecule has 0 saturated carbocycles. The van der Waals surface area contributed by atoms with Crippen molar-refractivity contribution >= 4 is 40.4 Å². The molecular weight excluding hydrogens is 422 g/mol. The third-order valence-corrected chi connectivity index (χ3v) is 5.03. The van der Waals surface area contributed by atoms with E-state index in [-0.39, 0.29) is 12.5 Å². The third kappa shape index (κ3) is 6.11. The number of carbonyl (C=O) groups excluding carboxylic acids is 1. The topological polar surface area (TPSA) is 113 Å². The molecule has 1 atom stereocenters. The van der Waals surface area contributed by atoms with Gasteiger partial charge in [0.25, 0.3) is 5.91 Å². The van der Waals surface area contributed by atoms with Crippen molar-refractivity contribution in [1.82, 2.24) is 10.3 Å². The number of carbonyl (C=O) groups is 1. The van der Waals surface area contributed by atoms with Crippen LogP contribution < -0.4 is 16.4 Å². The number of amidine groups is 1. The van der Waals surface area contributed by atoms with Crippen molar-refractivity contribution in [1.29, 1.82) is 0 Å². The van der Waals surface area contributed by atoms with Gasteiger partial charge in [-0.25, -0.2) is 9.98 Å². The lowest BCUT2D eigenvalue weighted by Crippen LogP contribution is -2.25. The van der Waals surface area contributed by atoms with Gasteiger partial charge in [0.2, 0.25) is 0 Å². The number of nitrogens with zero attached hydrogens (tertiary/aromatic N) is 2. The molecule has 2 aromatic carbocycles. The van der Waals surface area contributed by atoms with Gasteiger partial charge in [-0.3, -0.25) is 10.1 Å². The summed E-state index contributed by atoms with van der Waals surface area (Å²) in [5, 5.41) is 17.4. The fourth-order valence-corrected chi connectivity index (χ4v) is 3.41. The van der Waals surface area contributed by atoms with Gasteiger partial charge in [-0.05, 0) is 42.8 Å². The number of nitrogens with two attached hydrogens (primary N) is 1. The molecular formula is C21H22ClN5O2S. The molecule has 1 heterocycles. The van der Waals surface area contributed by atoms with Crippen molar-refractivity contribution in [3.8, 4) is 0 Å². The summed E-state index contributed by atoms with van der Waals surface area (Å²) in [6.45, 7) is 0.643. The molecule has 0 spiro atoms. The van der Waals surface area contributed by atoms with E-state index in [0.717, 1.165) is 11.1 Å². The average Bonchev–Trinajstić information content (AvgIpc) is 3.29. The Morgan fingerprint density at radius 3 is 2.73 bits per heavy atom. The van der Waals surface area contributed by atoms with E-state index >= 15 is 0 Å². The molecule has 3 aromatic rings. The standard InChI is InChI=1S/C21H22ClN5O2S/c22-16-4-1-3-15(11-16)19(23)27-20(24-9-2-10-28)14-5-7-17(8-6-14)26-21(29)18-12-30-13-25-18/h1,3-8,11-13,20,24,28H,2,9-10H2,(H2,23,27)(H,26,29). The van der Waals surface area contributed by atoms with E-state index in [1.54, 1.807) is 35.2 Å². The zero-order valence-electron chi connectivity index (χ0n) is 16.1. The van der Waals surface area contributed by atoms with Crippen LogP contribution in [0.25, 0.3) is 0 Å². The number of hydrogen-bond acceptors (Lipinski definition) is 6. The molecule has 7 nitrogen and oxygen atoms in total. The molecule has 1 aromatic heterocycles. The Labute approximate surface area is 183 Å². The monoisotopic (exact) mass is 443 g/mol. The van der Waals surface area contributed by atoms with Crippen LogP contribution in [-0.2, 0) is 0 Å². The maximum Gasteiger partial charge on any atom is 0.275 e. The Balaban J connectivity index is 1.77. The average molecular weight is 444 g/mol. The highest BCUT2D eigenvalue weighted by Gasteiger charge is 2.13. The van der Waals surface area contributed by atoms with Crippen molar-refractivity contribution in [3.05, 3.63) is 81.3 Å². The summed E-state index contributed by atoms with van der Waals surface area (Å²) in [5.74, 6) is 0.0877. The highest BCUT2D eigenvalue weighted by molar-refractivity contribution is 7.07. The largest absolute Gasteiger partial charge is 0.396 e. The molecule has 9 heteroatoms. The molecule has 0 aliphatic carbocycles. The van der Waals surface area contributed by atoms with Gasteiger partial charge in [0.05, 0.1) is 5.51 Å². The van der Waals surface area contributed by atoms with Gasteiger partial charge in [0, 0.05) is 28.3 Å². The fourth-order valence-electron chi connectivity index (χ4n) is 2.69. The molecule has 1 amide bonds. The number of amides is 1. The Hall–Kier alpha value is -2.78. The number of aromatic nitrogens is 1. The van der Waals surface area contributed by atoms with Crippen LogP contribution in [0.15, 0.2) is 64.4 Å².